The number of nitrogens with one attached hydrogen (secondary N) is 2. The van der Waals surface area contributed by atoms with Crippen LogP contribution < -0.4 is 10.6 Å². The molecule has 0 aliphatic carbocycles. The maximum absolute atomic E-state index is 11.7. The van der Waals surface area contributed by atoms with E-state index in [4.69, 9.17) is 0 Å². The second-order valence-electron chi connectivity index (χ2n) is 4.71. The molecule has 0 bridgehead atoms. The fourth-order valence-corrected chi connectivity index (χ4v) is 2.25. The Bertz CT molecular complexity index is 445. The number of carbonyl (C=O) groups excluding carboxylic acids is 2. The van der Waals surface area contributed by atoms with Crippen LogP contribution in [0.15, 0.2) is 5.38 Å². The minimum atomic E-state index is -0.558. The molecule has 1 aromatic rings. The van der Waals surface area contributed by atoms with Gasteiger partial charge in [-0.15, -0.1) is 11.3 Å². The summed E-state index contributed by atoms with van der Waals surface area (Å²) < 4.78 is 0. The highest BCUT2D eigenvalue weighted by atomic mass is 32.1. The normalized spacial score (nSPS) is 12.3. The molecule has 6 nitrogen and oxygen atoms in total. The van der Waals surface area contributed by atoms with Crippen molar-refractivity contribution < 1.29 is 14.7 Å². The van der Waals surface area contributed by atoms with E-state index in [1.54, 1.807) is 5.38 Å². The number of hydrogen-bond donors (Lipinski definition) is 3. The summed E-state index contributed by atoms with van der Waals surface area (Å²) in [6.07, 6.45) is 0.0755. The zero-order valence-electron chi connectivity index (χ0n) is 11.3. The highest BCUT2D eigenvalue weighted by molar-refractivity contribution is 7.14. The molecule has 106 valence electrons. The summed E-state index contributed by atoms with van der Waals surface area (Å²) in [5, 5.41) is 16.7. The fourth-order valence-electron chi connectivity index (χ4n) is 1.51. The van der Waals surface area contributed by atoms with E-state index in [2.05, 4.69) is 15.6 Å². The molecular formula is C12H19N3O3S. The Labute approximate surface area is 116 Å². The van der Waals surface area contributed by atoms with Crippen molar-refractivity contribution in [2.75, 3.05) is 11.9 Å². The molecule has 19 heavy (non-hydrogen) atoms. The van der Waals surface area contributed by atoms with Crippen molar-refractivity contribution in [1.82, 2.24) is 10.3 Å². The molecule has 0 radical (unpaired) electrons. The molecule has 1 atom stereocenters. The summed E-state index contributed by atoms with van der Waals surface area (Å²) in [6.45, 7) is 5.59. The third-order valence-electron chi connectivity index (χ3n) is 2.26. The van der Waals surface area contributed by atoms with E-state index in [9.17, 15) is 14.7 Å². The SMILES string of the molecule is CC(=O)Nc1nc(C(=O)NCC(O)CC(C)C)cs1. The number of thiazole rings is 1. The first-order valence-corrected chi connectivity index (χ1v) is 6.95. The summed E-state index contributed by atoms with van der Waals surface area (Å²) in [4.78, 5) is 26.6. The van der Waals surface area contributed by atoms with E-state index >= 15 is 0 Å². The van der Waals surface area contributed by atoms with E-state index in [1.165, 1.54) is 18.3 Å². The second-order valence-corrected chi connectivity index (χ2v) is 5.57. The van der Waals surface area contributed by atoms with Gasteiger partial charge in [0, 0.05) is 18.8 Å². The molecule has 0 saturated heterocycles. The average molecular weight is 285 g/mol. The van der Waals surface area contributed by atoms with Crippen LogP contribution in [-0.4, -0.2) is 34.6 Å². The van der Waals surface area contributed by atoms with Crippen molar-refractivity contribution in [3.05, 3.63) is 11.1 Å². The summed E-state index contributed by atoms with van der Waals surface area (Å²) in [6, 6.07) is 0. The molecule has 7 heteroatoms. The molecule has 0 aromatic carbocycles. The van der Waals surface area contributed by atoms with E-state index < -0.39 is 6.10 Å². The van der Waals surface area contributed by atoms with Crippen LogP contribution in [0.2, 0.25) is 0 Å². The van der Waals surface area contributed by atoms with Crippen LogP contribution in [-0.2, 0) is 4.79 Å². The van der Waals surface area contributed by atoms with Gasteiger partial charge in [-0.05, 0) is 12.3 Å². The van der Waals surface area contributed by atoms with Gasteiger partial charge in [0.1, 0.15) is 5.69 Å². The molecule has 1 heterocycles. The Morgan fingerprint density at radius 2 is 2.16 bits per heavy atom. The zero-order chi connectivity index (χ0) is 14.4. The minimum Gasteiger partial charge on any atom is -0.391 e. The largest absolute Gasteiger partial charge is 0.391 e. The van der Waals surface area contributed by atoms with Gasteiger partial charge in [0.2, 0.25) is 5.91 Å². The topological polar surface area (TPSA) is 91.3 Å². The van der Waals surface area contributed by atoms with Crippen molar-refractivity contribution in [3.63, 3.8) is 0 Å². The maximum atomic E-state index is 11.7. The first-order valence-electron chi connectivity index (χ1n) is 6.08. The predicted molar refractivity (Wildman–Crippen MR) is 74.2 cm³/mol. The Morgan fingerprint density at radius 1 is 1.47 bits per heavy atom. The summed E-state index contributed by atoms with van der Waals surface area (Å²) >= 11 is 1.18. The third-order valence-corrected chi connectivity index (χ3v) is 3.02. The first-order chi connectivity index (χ1) is 8.88. The molecular weight excluding hydrogens is 266 g/mol. The van der Waals surface area contributed by atoms with Crippen LogP contribution in [0.1, 0.15) is 37.7 Å². The molecule has 0 spiro atoms. The number of aliphatic hydroxyl groups excluding tert-OH is 1. The smallest absolute Gasteiger partial charge is 0.270 e. The maximum Gasteiger partial charge on any atom is 0.270 e. The van der Waals surface area contributed by atoms with Gasteiger partial charge < -0.3 is 15.7 Å². The van der Waals surface area contributed by atoms with Crippen molar-refractivity contribution in [3.8, 4) is 0 Å². The molecule has 1 unspecified atom stereocenters. The van der Waals surface area contributed by atoms with Crippen molar-refractivity contribution in [2.24, 2.45) is 5.92 Å². The highest BCUT2D eigenvalue weighted by Gasteiger charge is 2.13. The molecule has 1 rings (SSSR count). The number of aromatic nitrogens is 1. The quantitative estimate of drug-likeness (QED) is 0.733. The Kier molecular flexibility index (Phi) is 5.91. The second kappa shape index (κ2) is 7.20. The number of anilines is 1. The lowest BCUT2D eigenvalue weighted by Crippen LogP contribution is -2.33. The van der Waals surface area contributed by atoms with Crippen LogP contribution in [0.25, 0.3) is 0 Å². The van der Waals surface area contributed by atoms with E-state index in [0.717, 1.165) is 0 Å². The summed E-state index contributed by atoms with van der Waals surface area (Å²) in [5.41, 5.74) is 0.241. The van der Waals surface area contributed by atoms with Crippen molar-refractivity contribution in [2.45, 2.75) is 33.3 Å². The fraction of sp³-hybridized carbons (Fsp3) is 0.583. The highest BCUT2D eigenvalue weighted by Crippen LogP contribution is 2.15. The van der Waals surface area contributed by atoms with E-state index in [-0.39, 0.29) is 24.1 Å². The first kappa shape index (κ1) is 15.6. The number of rotatable bonds is 6. The van der Waals surface area contributed by atoms with Crippen molar-refractivity contribution >= 4 is 28.3 Å². The van der Waals surface area contributed by atoms with E-state index in [0.29, 0.717) is 17.5 Å². The number of hydrogen-bond acceptors (Lipinski definition) is 5. The van der Waals surface area contributed by atoms with Gasteiger partial charge in [0.15, 0.2) is 5.13 Å². The lowest BCUT2D eigenvalue weighted by molar-refractivity contribution is -0.114. The van der Waals surface area contributed by atoms with Gasteiger partial charge in [-0.1, -0.05) is 13.8 Å². The number of aliphatic hydroxyl groups is 1. The van der Waals surface area contributed by atoms with Crippen molar-refractivity contribution in [1.29, 1.82) is 0 Å². The number of carbonyl (C=O) groups is 2. The summed E-state index contributed by atoms with van der Waals surface area (Å²) in [5.74, 6) is -0.207. The van der Waals surface area contributed by atoms with Crippen LogP contribution in [0, 0.1) is 5.92 Å². The minimum absolute atomic E-state index is 0.198. The predicted octanol–water partition coefficient (Wildman–Crippen LogP) is 1.24. The molecule has 0 fully saturated rings. The average Bonchev–Trinajstić information content (AvgIpc) is 2.72. The number of amides is 2. The van der Waals surface area contributed by atoms with E-state index in [1.807, 2.05) is 13.8 Å². The van der Waals surface area contributed by atoms with Gasteiger partial charge in [-0.2, -0.15) is 0 Å². The van der Waals surface area contributed by atoms with Crippen LogP contribution in [0.3, 0.4) is 0 Å². The van der Waals surface area contributed by atoms with Crippen LogP contribution >= 0.6 is 11.3 Å². The Balaban J connectivity index is 2.45. The molecule has 1 aromatic heterocycles. The van der Waals surface area contributed by atoms with Crippen LogP contribution in [0.4, 0.5) is 5.13 Å². The molecule has 3 N–H and O–H groups in total. The van der Waals surface area contributed by atoms with Gasteiger partial charge in [0.05, 0.1) is 6.10 Å². The van der Waals surface area contributed by atoms with Gasteiger partial charge in [-0.3, -0.25) is 9.59 Å². The standard InChI is InChI=1S/C12H19N3O3S/c1-7(2)4-9(17)5-13-11(18)10-6-19-12(15-10)14-8(3)16/h6-7,9,17H,4-5H2,1-3H3,(H,13,18)(H,14,15,16). The monoisotopic (exact) mass is 285 g/mol. The third kappa shape index (κ3) is 5.80. The van der Waals surface area contributed by atoms with Gasteiger partial charge >= 0.3 is 0 Å². The number of nitrogens with zero attached hydrogens (tertiary/aromatic N) is 1. The lowest BCUT2D eigenvalue weighted by atomic mass is 10.1. The molecule has 0 saturated carbocycles. The van der Waals surface area contributed by atoms with Gasteiger partial charge in [-0.25, -0.2) is 4.98 Å². The summed E-state index contributed by atoms with van der Waals surface area (Å²) in [7, 11) is 0. The molecule has 2 amide bonds. The Morgan fingerprint density at radius 3 is 2.74 bits per heavy atom. The molecule has 0 aliphatic heterocycles. The van der Waals surface area contributed by atoms with Crippen LogP contribution in [0.5, 0.6) is 0 Å². The zero-order valence-corrected chi connectivity index (χ0v) is 12.1. The van der Waals surface area contributed by atoms with Gasteiger partial charge in [0.25, 0.3) is 5.91 Å². The Hall–Kier alpha value is -1.47. The molecule has 0 aliphatic rings. The lowest BCUT2D eigenvalue weighted by Gasteiger charge is -2.13.